The third-order valence-electron chi connectivity index (χ3n) is 4.00. The molecule has 0 saturated heterocycles. The van der Waals surface area contributed by atoms with Crippen molar-refractivity contribution in [3.05, 3.63) is 66.5 Å². The number of fused-ring (bicyclic) bond motifs is 1. The molecule has 4 rings (SSSR count). The zero-order valence-electron chi connectivity index (χ0n) is 14.6. The highest BCUT2D eigenvalue weighted by Gasteiger charge is 2.14. The number of amides is 1. The van der Waals surface area contributed by atoms with Gasteiger partial charge in [-0.3, -0.25) is 9.78 Å². The normalized spacial score (nSPS) is 11.7. The molecule has 27 heavy (non-hydrogen) atoms. The fourth-order valence-corrected chi connectivity index (χ4v) is 2.64. The highest BCUT2D eigenvalue weighted by Crippen LogP contribution is 2.35. The number of nitrogens with zero attached hydrogens (tertiary/aromatic N) is 1. The van der Waals surface area contributed by atoms with Crippen molar-refractivity contribution in [3.63, 3.8) is 0 Å². The Balaban J connectivity index is 1.47. The molecule has 136 valence electrons. The van der Waals surface area contributed by atoms with Gasteiger partial charge in [0, 0.05) is 29.3 Å². The predicted molar refractivity (Wildman–Crippen MR) is 101 cm³/mol. The van der Waals surface area contributed by atoms with Crippen LogP contribution in [0.1, 0.15) is 10.5 Å². The highest BCUT2D eigenvalue weighted by atomic mass is 16.7. The van der Waals surface area contributed by atoms with E-state index < -0.39 is 0 Å². The Morgan fingerprint density at radius 1 is 0.963 bits per heavy atom. The first-order valence-electron chi connectivity index (χ1n) is 8.29. The minimum Gasteiger partial charge on any atom is -0.497 e. The number of benzene rings is 2. The maximum Gasteiger partial charge on any atom is 0.274 e. The van der Waals surface area contributed by atoms with Gasteiger partial charge in [-0.05, 0) is 48.5 Å². The Bertz CT molecular complexity index is 973. The van der Waals surface area contributed by atoms with E-state index in [0.717, 1.165) is 22.9 Å². The number of aromatic nitrogens is 1. The van der Waals surface area contributed by atoms with E-state index in [-0.39, 0.29) is 12.7 Å². The molecule has 1 amide bonds. The standard InChI is InChI=1S/C20H17N3O4/c1-25-16-5-2-13(3-6-16)23-20(24)17-10-15(8-9-21-17)22-14-4-7-18-19(11-14)27-12-26-18/h2-11H,12H2,1H3,(H,21,22)(H,23,24). The number of nitrogens with one attached hydrogen (secondary N) is 2. The molecular weight excluding hydrogens is 346 g/mol. The van der Waals surface area contributed by atoms with Crippen LogP contribution in [-0.4, -0.2) is 24.8 Å². The summed E-state index contributed by atoms with van der Waals surface area (Å²) < 4.78 is 15.8. The summed E-state index contributed by atoms with van der Waals surface area (Å²) in [5.74, 6) is 1.83. The lowest BCUT2D eigenvalue weighted by atomic mass is 10.2. The number of anilines is 3. The lowest BCUT2D eigenvalue weighted by molar-refractivity contribution is 0.102. The molecule has 7 nitrogen and oxygen atoms in total. The molecule has 1 aliphatic rings. The first-order chi connectivity index (χ1) is 13.2. The highest BCUT2D eigenvalue weighted by molar-refractivity contribution is 6.03. The molecule has 0 fully saturated rings. The summed E-state index contributed by atoms with van der Waals surface area (Å²) in [6.07, 6.45) is 1.58. The summed E-state index contributed by atoms with van der Waals surface area (Å²) in [5, 5.41) is 6.05. The van der Waals surface area contributed by atoms with Crippen LogP contribution < -0.4 is 24.8 Å². The average molecular weight is 363 g/mol. The molecule has 0 saturated carbocycles. The monoisotopic (exact) mass is 363 g/mol. The molecule has 2 heterocycles. The van der Waals surface area contributed by atoms with Crippen molar-refractivity contribution in [3.8, 4) is 17.2 Å². The largest absolute Gasteiger partial charge is 0.497 e. The van der Waals surface area contributed by atoms with Gasteiger partial charge in [-0.15, -0.1) is 0 Å². The first-order valence-corrected chi connectivity index (χ1v) is 8.29. The molecule has 0 aliphatic carbocycles. The minimum absolute atomic E-state index is 0.226. The van der Waals surface area contributed by atoms with Gasteiger partial charge in [-0.25, -0.2) is 0 Å². The molecule has 0 bridgehead atoms. The SMILES string of the molecule is COc1ccc(NC(=O)c2cc(Nc3ccc4c(c3)OCO4)ccn2)cc1. The molecule has 0 spiro atoms. The van der Waals surface area contributed by atoms with Gasteiger partial charge in [0.1, 0.15) is 11.4 Å². The van der Waals surface area contributed by atoms with E-state index in [4.69, 9.17) is 14.2 Å². The average Bonchev–Trinajstić information content (AvgIpc) is 3.16. The van der Waals surface area contributed by atoms with Crippen LogP contribution in [-0.2, 0) is 0 Å². The van der Waals surface area contributed by atoms with Gasteiger partial charge in [0.2, 0.25) is 6.79 Å². The molecular formula is C20H17N3O4. The van der Waals surface area contributed by atoms with Gasteiger partial charge in [0.05, 0.1) is 7.11 Å². The molecule has 7 heteroatoms. The molecule has 1 aromatic heterocycles. The van der Waals surface area contributed by atoms with Gasteiger partial charge in [-0.1, -0.05) is 0 Å². The van der Waals surface area contributed by atoms with Crippen molar-refractivity contribution in [2.75, 3.05) is 24.5 Å². The van der Waals surface area contributed by atoms with Crippen LogP contribution in [0.15, 0.2) is 60.8 Å². The molecule has 2 aromatic carbocycles. The second kappa shape index (κ2) is 7.25. The number of pyridine rings is 1. The van der Waals surface area contributed by atoms with Gasteiger partial charge in [-0.2, -0.15) is 0 Å². The van der Waals surface area contributed by atoms with Crippen molar-refractivity contribution in [2.24, 2.45) is 0 Å². The maximum absolute atomic E-state index is 12.5. The van der Waals surface area contributed by atoms with Crippen LogP contribution in [0.4, 0.5) is 17.1 Å². The van der Waals surface area contributed by atoms with Crippen LogP contribution in [0.3, 0.4) is 0 Å². The Morgan fingerprint density at radius 2 is 1.70 bits per heavy atom. The number of hydrogen-bond donors (Lipinski definition) is 2. The van der Waals surface area contributed by atoms with E-state index in [1.165, 1.54) is 0 Å². The zero-order valence-corrected chi connectivity index (χ0v) is 14.6. The van der Waals surface area contributed by atoms with E-state index in [0.29, 0.717) is 17.1 Å². The molecule has 0 atom stereocenters. The Kier molecular flexibility index (Phi) is 4.49. The quantitative estimate of drug-likeness (QED) is 0.717. The number of rotatable bonds is 5. The number of carbonyl (C=O) groups is 1. The second-order valence-electron chi connectivity index (χ2n) is 5.81. The Hall–Kier alpha value is -3.74. The minimum atomic E-state index is -0.297. The zero-order chi connectivity index (χ0) is 18.6. The van der Waals surface area contributed by atoms with Crippen LogP contribution in [0.5, 0.6) is 17.2 Å². The lowest BCUT2D eigenvalue weighted by Gasteiger charge is -2.09. The van der Waals surface area contributed by atoms with E-state index in [1.54, 1.807) is 49.7 Å². The number of methoxy groups -OCH3 is 1. The van der Waals surface area contributed by atoms with Gasteiger partial charge < -0.3 is 24.8 Å². The van der Waals surface area contributed by atoms with Crippen LogP contribution in [0, 0.1) is 0 Å². The van der Waals surface area contributed by atoms with E-state index >= 15 is 0 Å². The maximum atomic E-state index is 12.5. The van der Waals surface area contributed by atoms with Crippen molar-refractivity contribution < 1.29 is 19.0 Å². The molecule has 0 unspecified atom stereocenters. The summed E-state index contributed by atoms with van der Waals surface area (Å²) in [4.78, 5) is 16.6. The summed E-state index contributed by atoms with van der Waals surface area (Å²) in [7, 11) is 1.59. The fraction of sp³-hybridized carbons (Fsp3) is 0.100. The number of hydrogen-bond acceptors (Lipinski definition) is 6. The third-order valence-corrected chi connectivity index (χ3v) is 4.00. The Labute approximate surface area is 155 Å². The molecule has 0 radical (unpaired) electrons. The fourth-order valence-electron chi connectivity index (χ4n) is 2.64. The summed E-state index contributed by atoms with van der Waals surface area (Å²) in [6, 6.07) is 16.1. The van der Waals surface area contributed by atoms with E-state index in [9.17, 15) is 4.79 Å². The van der Waals surface area contributed by atoms with Gasteiger partial charge in [0.25, 0.3) is 5.91 Å². The Morgan fingerprint density at radius 3 is 2.52 bits per heavy atom. The van der Waals surface area contributed by atoms with Crippen molar-refractivity contribution in [1.29, 1.82) is 0 Å². The molecule has 1 aliphatic heterocycles. The first kappa shape index (κ1) is 16.7. The third kappa shape index (κ3) is 3.77. The van der Waals surface area contributed by atoms with Crippen LogP contribution in [0.2, 0.25) is 0 Å². The van der Waals surface area contributed by atoms with Crippen LogP contribution in [0.25, 0.3) is 0 Å². The predicted octanol–water partition coefficient (Wildman–Crippen LogP) is 3.81. The van der Waals surface area contributed by atoms with Crippen molar-refractivity contribution >= 4 is 23.0 Å². The van der Waals surface area contributed by atoms with Gasteiger partial charge >= 0.3 is 0 Å². The topological polar surface area (TPSA) is 81.7 Å². The second-order valence-corrected chi connectivity index (χ2v) is 5.81. The van der Waals surface area contributed by atoms with E-state index in [2.05, 4.69) is 15.6 Å². The summed E-state index contributed by atoms with van der Waals surface area (Å²) in [5.41, 5.74) is 2.53. The number of carbonyl (C=O) groups excluding carboxylic acids is 1. The summed E-state index contributed by atoms with van der Waals surface area (Å²) >= 11 is 0. The summed E-state index contributed by atoms with van der Waals surface area (Å²) in [6.45, 7) is 0.226. The molecule has 2 N–H and O–H groups in total. The smallest absolute Gasteiger partial charge is 0.274 e. The lowest BCUT2D eigenvalue weighted by Crippen LogP contribution is -2.13. The molecule has 3 aromatic rings. The van der Waals surface area contributed by atoms with Crippen molar-refractivity contribution in [1.82, 2.24) is 4.98 Å². The number of ether oxygens (including phenoxy) is 3. The van der Waals surface area contributed by atoms with E-state index in [1.807, 2.05) is 18.2 Å². The van der Waals surface area contributed by atoms with Crippen molar-refractivity contribution in [2.45, 2.75) is 0 Å². The van der Waals surface area contributed by atoms with Crippen LogP contribution >= 0.6 is 0 Å². The van der Waals surface area contributed by atoms with Gasteiger partial charge in [0.15, 0.2) is 11.5 Å².